The van der Waals surface area contributed by atoms with Crippen LogP contribution in [0.1, 0.15) is 64.2 Å². The Morgan fingerprint density at radius 3 is 2.24 bits per heavy atom. The summed E-state index contributed by atoms with van der Waals surface area (Å²) < 4.78 is 64.2. The van der Waals surface area contributed by atoms with Crippen LogP contribution in [0.25, 0.3) is 0 Å². The van der Waals surface area contributed by atoms with Gasteiger partial charge < -0.3 is 24.3 Å². The van der Waals surface area contributed by atoms with E-state index in [1.54, 1.807) is 40.7 Å². The minimum atomic E-state index is -4.57. The fourth-order valence-corrected chi connectivity index (χ4v) is 4.07. The lowest BCUT2D eigenvalue weighted by atomic mass is 9.91. The highest BCUT2D eigenvalue weighted by Crippen LogP contribution is 2.37. The predicted molar refractivity (Wildman–Crippen MR) is 138 cm³/mol. The summed E-state index contributed by atoms with van der Waals surface area (Å²) in [5.41, 5.74) is -0.914. The third-order valence-electron chi connectivity index (χ3n) is 6.11. The zero-order valence-corrected chi connectivity index (χ0v) is 22.7. The zero-order chi connectivity index (χ0) is 28.0. The van der Waals surface area contributed by atoms with Crippen LogP contribution in [0.5, 0.6) is 5.75 Å². The van der Waals surface area contributed by atoms with Crippen molar-refractivity contribution in [2.24, 2.45) is 0 Å². The van der Waals surface area contributed by atoms with Gasteiger partial charge in [0.25, 0.3) is 0 Å². The number of hydrogen-bond donors (Lipinski definition) is 1. The van der Waals surface area contributed by atoms with Crippen molar-refractivity contribution in [1.82, 2.24) is 5.32 Å². The average molecular weight is 538 g/mol. The number of ether oxygens (including phenoxy) is 4. The maximum Gasteiger partial charge on any atom is 0.419 e. The number of carbonyl (C=O) groups is 1. The molecule has 1 saturated heterocycles. The zero-order valence-electron chi connectivity index (χ0n) is 22.7. The lowest BCUT2D eigenvalue weighted by Crippen LogP contribution is -2.61. The molecule has 1 heterocycles. The van der Waals surface area contributed by atoms with E-state index in [1.165, 1.54) is 6.07 Å². The van der Waals surface area contributed by atoms with Crippen molar-refractivity contribution in [2.45, 2.75) is 83.4 Å². The molecule has 1 N–H and O–H groups in total. The second kappa shape index (κ2) is 11.9. The number of carbonyl (C=O) groups excluding carboxylic acids is 1. The Bertz CT molecular complexity index is 1050. The largest absolute Gasteiger partial charge is 0.493 e. The van der Waals surface area contributed by atoms with Crippen LogP contribution < -0.4 is 10.1 Å². The molecular weight excluding hydrogens is 499 g/mol. The highest BCUT2D eigenvalue weighted by atomic mass is 19.4. The number of benzene rings is 2. The predicted octanol–water partition coefficient (Wildman–Crippen LogP) is 6.70. The molecule has 1 aliphatic rings. The van der Waals surface area contributed by atoms with Crippen molar-refractivity contribution >= 4 is 6.09 Å². The van der Waals surface area contributed by atoms with Crippen LogP contribution in [0.4, 0.5) is 18.0 Å². The first-order valence-corrected chi connectivity index (χ1v) is 12.8. The number of alkyl carbamates (subject to hydrolysis) is 1. The normalized spacial score (nSPS) is 17.1. The summed E-state index contributed by atoms with van der Waals surface area (Å²) in [6.07, 6.45) is -3.36. The van der Waals surface area contributed by atoms with Gasteiger partial charge in [0, 0.05) is 0 Å². The number of hydrogen-bond acceptors (Lipinski definition) is 5. The van der Waals surface area contributed by atoms with Gasteiger partial charge in [-0.2, -0.15) is 13.2 Å². The molecule has 9 heteroatoms. The molecular formula is C29H38F3NO5. The molecule has 1 aliphatic heterocycles. The van der Waals surface area contributed by atoms with E-state index >= 15 is 0 Å². The monoisotopic (exact) mass is 537 g/mol. The lowest BCUT2D eigenvalue weighted by molar-refractivity contribution is -0.271. The van der Waals surface area contributed by atoms with Crippen LogP contribution in [0.3, 0.4) is 0 Å². The highest BCUT2D eigenvalue weighted by molar-refractivity contribution is 5.69. The molecule has 210 valence electrons. The standard InChI is InChI=1S/C29H38F3NO5/c1-26(2,3)38-25(34)33-28(19-36-27(4,5)37-20-28)16-15-22-13-14-24(23(18-22)29(30,31)32)35-17-9-12-21-10-7-6-8-11-21/h6-8,10-11,13-14,18H,9,12,15-17,19-20H2,1-5H3,(H,33,34). The average Bonchev–Trinajstić information content (AvgIpc) is 2.82. The fraction of sp³-hybridized carbons (Fsp3) is 0.552. The first-order valence-electron chi connectivity index (χ1n) is 12.8. The van der Waals surface area contributed by atoms with Crippen molar-refractivity contribution in [3.05, 3.63) is 65.2 Å². The maximum atomic E-state index is 13.9. The third kappa shape index (κ3) is 9.20. The minimum Gasteiger partial charge on any atom is -0.493 e. The molecule has 1 amide bonds. The summed E-state index contributed by atoms with van der Waals surface area (Å²) >= 11 is 0. The summed E-state index contributed by atoms with van der Waals surface area (Å²) in [7, 11) is 0. The number of amides is 1. The Balaban J connectivity index is 1.68. The van der Waals surface area contributed by atoms with Crippen molar-refractivity contribution in [3.63, 3.8) is 0 Å². The van der Waals surface area contributed by atoms with E-state index < -0.39 is 34.8 Å². The molecule has 2 aromatic rings. The molecule has 0 saturated carbocycles. The second-order valence-electron chi connectivity index (χ2n) is 11.2. The number of aryl methyl sites for hydroxylation is 2. The first kappa shape index (κ1) is 29.8. The van der Waals surface area contributed by atoms with Gasteiger partial charge >= 0.3 is 12.3 Å². The van der Waals surface area contributed by atoms with Crippen LogP contribution in [0, 0.1) is 0 Å². The summed E-state index contributed by atoms with van der Waals surface area (Å²) in [5, 5.41) is 2.84. The molecule has 0 atom stereocenters. The van der Waals surface area contributed by atoms with Crippen molar-refractivity contribution in [2.75, 3.05) is 19.8 Å². The summed E-state index contributed by atoms with van der Waals surface area (Å²) in [6.45, 7) is 9.21. The van der Waals surface area contributed by atoms with E-state index in [0.29, 0.717) is 18.4 Å². The van der Waals surface area contributed by atoms with Gasteiger partial charge in [-0.25, -0.2) is 4.79 Å². The van der Waals surface area contributed by atoms with Crippen molar-refractivity contribution in [3.8, 4) is 5.75 Å². The van der Waals surface area contributed by atoms with Gasteiger partial charge in [-0.3, -0.25) is 0 Å². The van der Waals surface area contributed by atoms with Gasteiger partial charge in [-0.15, -0.1) is 0 Å². The smallest absolute Gasteiger partial charge is 0.419 e. The highest BCUT2D eigenvalue weighted by Gasteiger charge is 2.42. The molecule has 0 aromatic heterocycles. The molecule has 0 bridgehead atoms. The molecule has 0 aliphatic carbocycles. The van der Waals surface area contributed by atoms with Crippen molar-refractivity contribution < 1.29 is 36.9 Å². The number of alkyl halides is 3. The quantitative estimate of drug-likeness (QED) is 0.361. The van der Waals surface area contributed by atoms with E-state index in [2.05, 4.69) is 5.32 Å². The van der Waals surface area contributed by atoms with E-state index in [0.717, 1.165) is 11.6 Å². The Morgan fingerprint density at radius 2 is 1.63 bits per heavy atom. The van der Waals surface area contributed by atoms with Gasteiger partial charge in [-0.05, 0) is 83.6 Å². The van der Waals surface area contributed by atoms with Gasteiger partial charge in [0.15, 0.2) is 5.79 Å². The summed E-state index contributed by atoms with van der Waals surface area (Å²) in [4.78, 5) is 12.5. The van der Waals surface area contributed by atoms with Crippen LogP contribution >= 0.6 is 0 Å². The van der Waals surface area contributed by atoms with E-state index in [4.69, 9.17) is 18.9 Å². The molecule has 1 fully saturated rings. The maximum absolute atomic E-state index is 13.9. The Labute approximate surface area is 222 Å². The van der Waals surface area contributed by atoms with E-state index in [1.807, 2.05) is 30.3 Å². The first-order chi connectivity index (χ1) is 17.7. The topological polar surface area (TPSA) is 66.0 Å². The number of halogens is 3. The molecule has 3 rings (SSSR count). The fourth-order valence-electron chi connectivity index (χ4n) is 4.07. The van der Waals surface area contributed by atoms with Crippen LogP contribution in [0.2, 0.25) is 0 Å². The van der Waals surface area contributed by atoms with Gasteiger partial charge in [0.05, 0.1) is 30.9 Å². The number of rotatable bonds is 9. The summed E-state index contributed by atoms with van der Waals surface area (Å²) in [5.74, 6) is -1.02. The third-order valence-corrected chi connectivity index (χ3v) is 6.11. The number of nitrogens with one attached hydrogen (secondary N) is 1. The van der Waals surface area contributed by atoms with Gasteiger partial charge in [0.1, 0.15) is 11.4 Å². The molecule has 2 aromatic carbocycles. The molecule has 0 radical (unpaired) electrons. The minimum absolute atomic E-state index is 0.133. The molecule has 6 nitrogen and oxygen atoms in total. The van der Waals surface area contributed by atoms with Gasteiger partial charge in [-0.1, -0.05) is 36.4 Å². The Morgan fingerprint density at radius 1 is 0.974 bits per heavy atom. The summed E-state index contributed by atoms with van der Waals surface area (Å²) in [6, 6.07) is 13.8. The van der Waals surface area contributed by atoms with Crippen LogP contribution in [0.15, 0.2) is 48.5 Å². The lowest BCUT2D eigenvalue weighted by Gasteiger charge is -2.44. The Hall–Kier alpha value is -2.78. The van der Waals surface area contributed by atoms with Crippen LogP contribution in [-0.4, -0.2) is 42.8 Å². The van der Waals surface area contributed by atoms with Crippen LogP contribution in [-0.2, 0) is 33.2 Å². The molecule has 0 spiro atoms. The molecule has 0 unspecified atom stereocenters. The van der Waals surface area contributed by atoms with E-state index in [-0.39, 0.29) is 38.4 Å². The second-order valence-corrected chi connectivity index (χ2v) is 11.2. The SMILES string of the molecule is CC(C)(C)OC(=O)NC1(CCc2ccc(OCCCc3ccccc3)c(C(F)(F)F)c2)COC(C)(C)OC1. The Kier molecular flexibility index (Phi) is 9.36. The van der Waals surface area contributed by atoms with Gasteiger partial charge in [0.2, 0.25) is 0 Å². The van der Waals surface area contributed by atoms with E-state index in [9.17, 15) is 18.0 Å². The molecule has 38 heavy (non-hydrogen) atoms. The van der Waals surface area contributed by atoms with Crippen molar-refractivity contribution in [1.29, 1.82) is 0 Å².